The maximum absolute atomic E-state index is 10.5. The third-order valence-electron chi connectivity index (χ3n) is 0.701. The molecule has 0 amide bonds. The molecule has 0 heterocycles. The number of carbonyl (C=O) groups excluding carboxylic acids is 1. The van der Waals surface area contributed by atoms with E-state index in [1.54, 1.807) is 6.92 Å². The number of carbonyl (C=O) groups is 1. The van der Waals surface area contributed by atoms with E-state index >= 15 is 0 Å². The van der Waals surface area contributed by atoms with Crippen LogP contribution in [0.1, 0.15) is 6.92 Å². The summed E-state index contributed by atoms with van der Waals surface area (Å²) < 4.78 is 4.45. The van der Waals surface area contributed by atoms with Crippen LogP contribution in [0.3, 0.4) is 0 Å². The van der Waals surface area contributed by atoms with Gasteiger partial charge in [-0.25, -0.2) is 10.6 Å². The molecule has 0 saturated carbocycles. The van der Waals surface area contributed by atoms with Gasteiger partial charge in [-0.1, -0.05) is 0 Å². The Morgan fingerprint density at radius 3 is 2.80 bits per heavy atom. The molecule has 0 saturated heterocycles. The highest BCUT2D eigenvalue weighted by Crippen LogP contribution is 1.81. The largest absolute Gasteiger partial charge is 0.465 e. The van der Waals surface area contributed by atoms with Gasteiger partial charge in [-0.3, -0.25) is 0 Å². The second-order valence-electron chi connectivity index (χ2n) is 1.48. The normalized spacial score (nSPS) is 8.60. The second-order valence-corrected chi connectivity index (χ2v) is 1.48. The maximum Gasteiger partial charge on any atom is 0.329 e. The lowest BCUT2D eigenvalue weighted by Crippen LogP contribution is -2.31. The van der Waals surface area contributed by atoms with Gasteiger partial charge in [0.2, 0.25) is 0 Å². The molecule has 0 atom stereocenters. The van der Waals surface area contributed by atoms with Crippen molar-refractivity contribution in [3.8, 4) is 0 Å². The van der Waals surface area contributed by atoms with Crippen molar-refractivity contribution < 1.29 is 9.53 Å². The van der Waals surface area contributed by atoms with Crippen LogP contribution in [0.4, 0.5) is 0 Å². The second kappa shape index (κ2) is 4.68. The van der Waals surface area contributed by atoms with Gasteiger partial charge >= 0.3 is 5.97 Å². The van der Waals surface area contributed by atoms with Gasteiger partial charge in [0.1, 0.15) is 0 Å². The van der Waals surface area contributed by atoms with Gasteiger partial charge in [0.15, 0.2) is 6.54 Å². The maximum atomic E-state index is 10.5. The van der Waals surface area contributed by atoms with Crippen LogP contribution in [0.2, 0.25) is 0 Å². The standard InChI is InChI=1S/C4H9N3O3/c1-2-10-4(8)3-7(5)6-9/h2-3,5H2,1H3. The minimum atomic E-state index is -0.565. The molecule has 58 valence electrons. The molecule has 0 fully saturated rings. The Hall–Kier alpha value is -1.17. The first-order chi connectivity index (χ1) is 4.70. The SMILES string of the molecule is CCOC(=O)CN(N)N=O. The van der Waals surface area contributed by atoms with Crippen LogP contribution in [0.15, 0.2) is 5.29 Å². The molecule has 10 heavy (non-hydrogen) atoms. The van der Waals surface area contributed by atoms with Gasteiger partial charge in [0.05, 0.1) is 11.9 Å². The lowest BCUT2D eigenvalue weighted by Gasteiger charge is -2.05. The zero-order valence-corrected chi connectivity index (χ0v) is 5.61. The van der Waals surface area contributed by atoms with Gasteiger partial charge in [-0.15, -0.1) is 4.91 Å². The molecule has 6 heteroatoms. The van der Waals surface area contributed by atoms with Gasteiger partial charge in [-0.2, -0.15) is 5.12 Å². The van der Waals surface area contributed by atoms with E-state index in [1.165, 1.54) is 0 Å². The van der Waals surface area contributed by atoms with Crippen molar-refractivity contribution in [2.45, 2.75) is 6.92 Å². The summed E-state index contributed by atoms with van der Waals surface area (Å²) in [6, 6.07) is 0. The molecule has 0 rings (SSSR count). The molecular weight excluding hydrogens is 138 g/mol. The van der Waals surface area contributed by atoms with Gasteiger partial charge < -0.3 is 4.74 Å². The molecule has 0 radical (unpaired) electrons. The number of nitroso groups, excluding NO2 is 1. The van der Waals surface area contributed by atoms with Crippen LogP contribution in [-0.2, 0) is 9.53 Å². The molecule has 2 N–H and O–H groups in total. The Balaban J connectivity index is 3.46. The lowest BCUT2D eigenvalue weighted by molar-refractivity contribution is -0.144. The van der Waals surface area contributed by atoms with E-state index in [0.717, 1.165) is 0 Å². The van der Waals surface area contributed by atoms with Crippen molar-refractivity contribution in [2.24, 2.45) is 11.1 Å². The molecule has 0 unspecified atom stereocenters. The Morgan fingerprint density at radius 2 is 2.40 bits per heavy atom. The predicted octanol–water partition coefficient (Wildman–Crippen LogP) is -0.593. The molecular formula is C4H9N3O3. The molecule has 0 aliphatic carbocycles. The van der Waals surface area contributed by atoms with Crippen LogP contribution < -0.4 is 5.84 Å². The van der Waals surface area contributed by atoms with Crippen LogP contribution in [0.5, 0.6) is 0 Å². The van der Waals surface area contributed by atoms with E-state index in [9.17, 15) is 9.70 Å². The summed E-state index contributed by atoms with van der Waals surface area (Å²) in [6.45, 7) is 1.62. The number of hydrazine groups is 1. The molecule has 0 aromatic heterocycles. The third kappa shape index (κ3) is 3.79. The van der Waals surface area contributed by atoms with Crippen LogP contribution in [-0.4, -0.2) is 24.2 Å². The number of hydrogen-bond acceptors (Lipinski definition) is 5. The molecule has 0 aliphatic rings. The number of nitrogens with two attached hydrogens (primary N) is 1. The number of nitrogens with zero attached hydrogens (tertiary/aromatic N) is 2. The molecule has 6 nitrogen and oxygen atoms in total. The van der Waals surface area contributed by atoms with E-state index in [0.29, 0.717) is 5.12 Å². The van der Waals surface area contributed by atoms with Crippen LogP contribution in [0, 0.1) is 4.91 Å². The summed E-state index contributed by atoms with van der Waals surface area (Å²) in [6.07, 6.45) is 0. The van der Waals surface area contributed by atoms with Crippen molar-refractivity contribution in [1.82, 2.24) is 5.12 Å². The smallest absolute Gasteiger partial charge is 0.329 e. The van der Waals surface area contributed by atoms with Gasteiger partial charge in [-0.05, 0) is 6.92 Å². The highest BCUT2D eigenvalue weighted by molar-refractivity contribution is 5.71. The van der Waals surface area contributed by atoms with Gasteiger partial charge in [0, 0.05) is 0 Å². The van der Waals surface area contributed by atoms with Crippen LogP contribution >= 0.6 is 0 Å². The zero-order chi connectivity index (χ0) is 7.98. The topological polar surface area (TPSA) is 85.0 Å². The van der Waals surface area contributed by atoms with Crippen molar-refractivity contribution in [3.63, 3.8) is 0 Å². The Bertz CT molecular complexity index is 127. The number of hydrogen-bond donors (Lipinski definition) is 1. The fourth-order valence-electron chi connectivity index (χ4n) is 0.368. The molecule has 0 spiro atoms. The first-order valence-corrected chi connectivity index (χ1v) is 2.71. The summed E-state index contributed by atoms with van der Waals surface area (Å²) in [5, 5.41) is 2.74. The fourth-order valence-corrected chi connectivity index (χ4v) is 0.368. The zero-order valence-electron chi connectivity index (χ0n) is 5.61. The highest BCUT2D eigenvalue weighted by atomic mass is 16.5. The monoisotopic (exact) mass is 147 g/mol. The first-order valence-electron chi connectivity index (χ1n) is 2.71. The van der Waals surface area contributed by atoms with E-state index in [-0.39, 0.29) is 13.2 Å². The van der Waals surface area contributed by atoms with E-state index in [1.807, 2.05) is 0 Å². The van der Waals surface area contributed by atoms with E-state index in [2.05, 4.69) is 10.0 Å². The molecule has 0 aliphatic heterocycles. The average molecular weight is 147 g/mol. The predicted molar refractivity (Wildman–Crippen MR) is 33.3 cm³/mol. The third-order valence-corrected chi connectivity index (χ3v) is 0.701. The van der Waals surface area contributed by atoms with E-state index in [4.69, 9.17) is 5.84 Å². The Labute approximate surface area is 57.8 Å². The molecule has 0 bridgehead atoms. The van der Waals surface area contributed by atoms with Gasteiger partial charge in [0.25, 0.3) is 0 Å². The van der Waals surface area contributed by atoms with Crippen molar-refractivity contribution in [3.05, 3.63) is 4.91 Å². The van der Waals surface area contributed by atoms with Crippen molar-refractivity contribution in [2.75, 3.05) is 13.2 Å². The quantitative estimate of drug-likeness (QED) is 0.248. The minimum Gasteiger partial charge on any atom is -0.465 e. The van der Waals surface area contributed by atoms with E-state index < -0.39 is 5.97 Å². The van der Waals surface area contributed by atoms with Crippen molar-refractivity contribution in [1.29, 1.82) is 0 Å². The summed E-state index contributed by atoms with van der Waals surface area (Å²) in [7, 11) is 0. The summed E-state index contributed by atoms with van der Waals surface area (Å²) in [5.74, 6) is 4.29. The first kappa shape index (κ1) is 8.83. The number of rotatable bonds is 4. The molecule has 0 aromatic rings. The van der Waals surface area contributed by atoms with Crippen LogP contribution in [0.25, 0.3) is 0 Å². The van der Waals surface area contributed by atoms with Crippen molar-refractivity contribution >= 4 is 5.97 Å². The minimum absolute atomic E-state index is 0.269. The number of ether oxygens (including phenoxy) is 1. The number of esters is 1. The lowest BCUT2D eigenvalue weighted by atomic mass is 10.7. The highest BCUT2D eigenvalue weighted by Gasteiger charge is 2.04. The summed E-state index contributed by atoms with van der Waals surface area (Å²) in [4.78, 5) is 20.1. The Morgan fingerprint density at radius 1 is 1.80 bits per heavy atom. The summed E-state index contributed by atoms with van der Waals surface area (Å²) in [5.41, 5.74) is 0. The Kier molecular flexibility index (Phi) is 4.14. The molecule has 0 aromatic carbocycles. The average Bonchev–Trinajstić information content (AvgIpc) is 1.88. The summed E-state index contributed by atoms with van der Waals surface area (Å²) >= 11 is 0. The fraction of sp³-hybridized carbons (Fsp3) is 0.750.